The molecule has 0 spiro atoms. The van der Waals surface area contributed by atoms with E-state index < -0.39 is 0 Å². The van der Waals surface area contributed by atoms with Crippen LogP contribution in [0, 0.1) is 11.3 Å². The van der Waals surface area contributed by atoms with Crippen molar-refractivity contribution in [3.05, 3.63) is 23.2 Å². The lowest BCUT2D eigenvalue weighted by molar-refractivity contribution is 0.394. The first-order chi connectivity index (χ1) is 5.99. The van der Waals surface area contributed by atoms with Crippen molar-refractivity contribution in [3.8, 4) is 6.07 Å². The summed E-state index contributed by atoms with van der Waals surface area (Å²) < 4.78 is 5.55. The minimum atomic E-state index is -0.0357. The molecular weight excluding hydrogens is 230 g/mol. The third-order valence-corrected chi connectivity index (χ3v) is 2.30. The lowest BCUT2D eigenvalue weighted by Gasteiger charge is -2.13. The molecule has 1 aromatic rings. The molecule has 70 valence electrons. The average Bonchev–Trinajstić information content (AvgIpc) is 2.45. The Morgan fingerprint density at radius 2 is 2.15 bits per heavy atom. The van der Waals surface area contributed by atoms with E-state index in [1.54, 1.807) is 0 Å². The Bertz CT molecular complexity index is 341. The Labute approximate surface area is 86.7 Å². The van der Waals surface area contributed by atoms with E-state index in [9.17, 15) is 0 Å². The molecule has 0 aromatic carbocycles. The molecule has 0 amide bonds. The maximum Gasteiger partial charge on any atom is 0.132 e. The summed E-state index contributed by atoms with van der Waals surface area (Å²) in [6.07, 6.45) is 0. The first-order valence-corrected chi connectivity index (χ1v) is 5.20. The zero-order valence-corrected chi connectivity index (χ0v) is 9.60. The Morgan fingerprint density at radius 3 is 2.46 bits per heavy atom. The molecule has 0 bridgehead atoms. The van der Waals surface area contributed by atoms with Crippen LogP contribution in [0.1, 0.15) is 37.9 Å². The molecule has 0 fully saturated rings. The van der Waals surface area contributed by atoms with Crippen LogP contribution in [0.15, 0.2) is 10.5 Å². The van der Waals surface area contributed by atoms with Gasteiger partial charge in [0.2, 0.25) is 0 Å². The molecule has 2 nitrogen and oxygen atoms in total. The van der Waals surface area contributed by atoms with E-state index in [1.807, 2.05) is 6.07 Å². The summed E-state index contributed by atoms with van der Waals surface area (Å²) in [5.41, 5.74) is 0.591. The highest BCUT2D eigenvalue weighted by atomic mass is 79.9. The van der Waals surface area contributed by atoms with Gasteiger partial charge in [-0.3, -0.25) is 0 Å². The summed E-state index contributed by atoms with van der Waals surface area (Å²) in [5.74, 6) is 1.57. The van der Waals surface area contributed by atoms with Gasteiger partial charge in [0.15, 0.2) is 0 Å². The lowest BCUT2D eigenvalue weighted by atomic mass is 9.93. The minimum absolute atomic E-state index is 0.0357. The lowest BCUT2D eigenvalue weighted by Crippen LogP contribution is -2.09. The second-order valence-electron chi connectivity index (χ2n) is 3.94. The van der Waals surface area contributed by atoms with Crippen LogP contribution in [0.2, 0.25) is 0 Å². The topological polar surface area (TPSA) is 36.9 Å². The van der Waals surface area contributed by atoms with Gasteiger partial charge in [0.25, 0.3) is 0 Å². The number of nitrogens with zero attached hydrogens (tertiary/aromatic N) is 1. The highest BCUT2D eigenvalue weighted by Crippen LogP contribution is 2.27. The molecule has 1 rings (SSSR count). The molecule has 1 aromatic heterocycles. The van der Waals surface area contributed by atoms with Crippen molar-refractivity contribution in [1.82, 2.24) is 0 Å². The Kier molecular flexibility index (Phi) is 2.82. The third kappa shape index (κ3) is 2.13. The van der Waals surface area contributed by atoms with Crippen LogP contribution < -0.4 is 0 Å². The van der Waals surface area contributed by atoms with Crippen LogP contribution in [-0.2, 0) is 10.7 Å². The van der Waals surface area contributed by atoms with E-state index in [4.69, 9.17) is 9.68 Å². The fraction of sp³-hybridized carbons (Fsp3) is 0.500. The first-order valence-electron chi connectivity index (χ1n) is 4.08. The van der Waals surface area contributed by atoms with Crippen molar-refractivity contribution in [2.75, 3.05) is 0 Å². The van der Waals surface area contributed by atoms with Crippen molar-refractivity contribution in [2.24, 2.45) is 0 Å². The van der Waals surface area contributed by atoms with Gasteiger partial charge in [-0.2, -0.15) is 5.26 Å². The van der Waals surface area contributed by atoms with E-state index in [0.717, 1.165) is 5.76 Å². The molecule has 0 saturated heterocycles. The van der Waals surface area contributed by atoms with Gasteiger partial charge >= 0.3 is 0 Å². The standard InChI is InChI=1S/C10H12BrNO/c1-10(2,3)9-4-7(6-12)8(5-11)13-9/h4H,5H2,1-3H3. The molecule has 0 aliphatic heterocycles. The fourth-order valence-corrected chi connectivity index (χ4v) is 1.41. The molecule has 1 heterocycles. The highest BCUT2D eigenvalue weighted by molar-refractivity contribution is 9.08. The summed E-state index contributed by atoms with van der Waals surface area (Å²) in [5, 5.41) is 9.39. The number of furan rings is 1. The van der Waals surface area contributed by atoms with Gasteiger partial charge in [-0.1, -0.05) is 36.7 Å². The van der Waals surface area contributed by atoms with Crippen LogP contribution in [0.3, 0.4) is 0 Å². The van der Waals surface area contributed by atoms with Crippen LogP contribution in [0.4, 0.5) is 0 Å². The average molecular weight is 242 g/mol. The molecule has 0 atom stereocenters. The Morgan fingerprint density at radius 1 is 1.54 bits per heavy atom. The van der Waals surface area contributed by atoms with Gasteiger partial charge in [0.1, 0.15) is 17.6 Å². The fourth-order valence-electron chi connectivity index (χ4n) is 0.992. The Balaban J connectivity index is 3.16. The summed E-state index contributed by atoms with van der Waals surface area (Å²) in [4.78, 5) is 0. The van der Waals surface area contributed by atoms with Crippen molar-refractivity contribution < 1.29 is 4.42 Å². The van der Waals surface area contributed by atoms with E-state index in [-0.39, 0.29) is 5.41 Å². The molecule has 13 heavy (non-hydrogen) atoms. The van der Waals surface area contributed by atoms with E-state index in [2.05, 4.69) is 42.8 Å². The summed E-state index contributed by atoms with van der Waals surface area (Å²) in [6.45, 7) is 6.18. The third-order valence-electron chi connectivity index (χ3n) is 1.79. The smallest absolute Gasteiger partial charge is 0.132 e. The maximum atomic E-state index is 8.80. The van der Waals surface area contributed by atoms with Crippen molar-refractivity contribution >= 4 is 15.9 Å². The molecule has 0 saturated carbocycles. The van der Waals surface area contributed by atoms with Crippen molar-refractivity contribution in [2.45, 2.75) is 31.5 Å². The Hall–Kier alpha value is -0.750. The number of alkyl halides is 1. The molecule has 3 heteroatoms. The van der Waals surface area contributed by atoms with Gasteiger partial charge in [-0.25, -0.2) is 0 Å². The summed E-state index contributed by atoms with van der Waals surface area (Å²) in [7, 11) is 0. The summed E-state index contributed by atoms with van der Waals surface area (Å²) in [6, 6.07) is 3.93. The number of hydrogen-bond donors (Lipinski definition) is 0. The number of halogens is 1. The van der Waals surface area contributed by atoms with Gasteiger partial charge in [0, 0.05) is 5.41 Å². The first kappa shape index (κ1) is 10.3. The molecule has 0 N–H and O–H groups in total. The van der Waals surface area contributed by atoms with Gasteiger partial charge in [-0.05, 0) is 6.07 Å². The second kappa shape index (κ2) is 3.55. The summed E-state index contributed by atoms with van der Waals surface area (Å²) >= 11 is 3.28. The zero-order valence-electron chi connectivity index (χ0n) is 8.02. The van der Waals surface area contributed by atoms with Gasteiger partial charge in [-0.15, -0.1) is 0 Å². The molecule has 0 aliphatic carbocycles. The van der Waals surface area contributed by atoms with Crippen LogP contribution in [-0.4, -0.2) is 0 Å². The van der Waals surface area contributed by atoms with Crippen molar-refractivity contribution in [3.63, 3.8) is 0 Å². The second-order valence-corrected chi connectivity index (χ2v) is 4.50. The van der Waals surface area contributed by atoms with E-state index >= 15 is 0 Å². The van der Waals surface area contributed by atoms with Crippen LogP contribution in [0.25, 0.3) is 0 Å². The highest BCUT2D eigenvalue weighted by Gasteiger charge is 2.20. The number of rotatable bonds is 1. The number of nitriles is 1. The minimum Gasteiger partial charge on any atom is -0.463 e. The predicted octanol–water partition coefficient (Wildman–Crippen LogP) is 3.34. The number of hydrogen-bond acceptors (Lipinski definition) is 2. The van der Waals surface area contributed by atoms with Crippen LogP contribution in [0.5, 0.6) is 0 Å². The molecule has 0 aliphatic rings. The van der Waals surface area contributed by atoms with Crippen LogP contribution >= 0.6 is 15.9 Å². The van der Waals surface area contributed by atoms with E-state index in [0.29, 0.717) is 16.7 Å². The van der Waals surface area contributed by atoms with Gasteiger partial charge < -0.3 is 4.42 Å². The molecule has 0 unspecified atom stereocenters. The monoisotopic (exact) mass is 241 g/mol. The maximum absolute atomic E-state index is 8.80. The predicted molar refractivity (Wildman–Crippen MR) is 54.8 cm³/mol. The SMILES string of the molecule is CC(C)(C)c1cc(C#N)c(CBr)o1. The van der Waals surface area contributed by atoms with E-state index in [1.165, 1.54) is 0 Å². The zero-order chi connectivity index (χ0) is 10.1. The molecular formula is C10H12BrNO. The normalized spacial score (nSPS) is 11.3. The van der Waals surface area contributed by atoms with Crippen molar-refractivity contribution in [1.29, 1.82) is 5.26 Å². The quantitative estimate of drug-likeness (QED) is 0.708. The van der Waals surface area contributed by atoms with Gasteiger partial charge in [0.05, 0.1) is 10.9 Å². The molecule has 0 radical (unpaired) electrons. The largest absolute Gasteiger partial charge is 0.463 e.